The van der Waals surface area contributed by atoms with Crippen LogP contribution in [0.1, 0.15) is 30.4 Å². The van der Waals surface area contributed by atoms with Crippen LogP contribution in [-0.2, 0) is 6.54 Å². The van der Waals surface area contributed by atoms with Crippen molar-refractivity contribution in [2.45, 2.75) is 31.9 Å². The summed E-state index contributed by atoms with van der Waals surface area (Å²) >= 11 is 0. The maximum absolute atomic E-state index is 12.4. The number of hydrogen-bond donors (Lipinski definition) is 2. The van der Waals surface area contributed by atoms with Crippen LogP contribution in [0, 0.1) is 0 Å². The monoisotopic (exact) mass is 284 g/mol. The van der Waals surface area contributed by atoms with E-state index in [0.29, 0.717) is 13.1 Å². The van der Waals surface area contributed by atoms with Gasteiger partial charge in [-0.2, -0.15) is 0 Å². The van der Waals surface area contributed by atoms with Crippen molar-refractivity contribution in [1.29, 1.82) is 0 Å². The first-order valence-electron chi connectivity index (χ1n) is 6.64. The number of hydrogen-bond acceptors (Lipinski definition) is 2. The number of carbonyl (C=O) groups is 1. The zero-order valence-electron chi connectivity index (χ0n) is 11.1. The summed E-state index contributed by atoms with van der Waals surface area (Å²) < 4.78 is 24.8. The number of urea groups is 1. The fourth-order valence-electron chi connectivity index (χ4n) is 2.21. The Morgan fingerprint density at radius 2 is 2.10 bits per heavy atom. The van der Waals surface area contributed by atoms with Crippen LogP contribution in [0.3, 0.4) is 0 Å². The molecule has 1 saturated heterocycles. The number of likely N-dealkylation sites (tertiary alicyclic amines) is 1. The lowest BCUT2D eigenvalue weighted by Crippen LogP contribution is -2.46. The van der Waals surface area contributed by atoms with Crippen molar-refractivity contribution in [3.8, 4) is 0 Å². The van der Waals surface area contributed by atoms with Crippen LogP contribution in [0.15, 0.2) is 24.3 Å². The van der Waals surface area contributed by atoms with Gasteiger partial charge in [-0.1, -0.05) is 24.3 Å². The summed E-state index contributed by atoms with van der Waals surface area (Å²) in [5.41, 5.74) is 0.736. The van der Waals surface area contributed by atoms with Gasteiger partial charge in [0.05, 0.1) is 6.10 Å². The van der Waals surface area contributed by atoms with Crippen LogP contribution in [-0.4, -0.2) is 35.2 Å². The molecule has 2 amide bonds. The van der Waals surface area contributed by atoms with Gasteiger partial charge in [0.15, 0.2) is 0 Å². The fraction of sp³-hybridized carbons (Fsp3) is 0.500. The molecule has 2 N–H and O–H groups in total. The van der Waals surface area contributed by atoms with E-state index in [1.54, 1.807) is 17.0 Å². The Bertz CT molecular complexity index is 451. The molecule has 6 heteroatoms. The van der Waals surface area contributed by atoms with Crippen molar-refractivity contribution >= 4 is 6.03 Å². The number of aliphatic hydroxyl groups is 1. The number of amides is 2. The highest BCUT2D eigenvalue weighted by molar-refractivity contribution is 5.74. The van der Waals surface area contributed by atoms with Gasteiger partial charge < -0.3 is 15.3 Å². The predicted octanol–water partition coefficient (Wildman–Crippen LogP) is 2.29. The number of benzene rings is 1. The van der Waals surface area contributed by atoms with Gasteiger partial charge in [0.2, 0.25) is 0 Å². The third-order valence-corrected chi connectivity index (χ3v) is 3.36. The van der Waals surface area contributed by atoms with Gasteiger partial charge in [-0.15, -0.1) is 0 Å². The smallest absolute Gasteiger partial charge is 0.317 e. The first-order chi connectivity index (χ1) is 9.56. The van der Waals surface area contributed by atoms with Crippen molar-refractivity contribution < 1.29 is 18.7 Å². The Kier molecular flexibility index (Phi) is 4.89. The third kappa shape index (κ3) is 3.90. The molecule has 110 valence electrons. The number of halogens is 2. The molecule has 1 aromatic rings. The average Bonchev–Trinajstić information content (AvgIpc) is 2.45. The van der Waals surface area contributed by atoms with Crippen LogP contribution in [0.5, 0.6) is 0 Å². The molecule has 0 saturated carbocycles. The number of piperidine rings is 1. The molecule has 0 radical (unpaired) electrons. The van der Waals surface area contributed by atoms with Gasteiger partial charge in [0.25, 0.3) is 6.43 Å². The summed E-state index contributed by atoms with van der Waals surface area (Å²) in [4.78, 5) is 13.4. The molecular formula is C14H18F2N2O2. The molecule has 20 heavy (non-hydrogen) atoms. The highest BCUT2D eigenvalue weighted by Gasteiger charge is 2.21. The quantitative estimate of drug-likeness (QED) is 0.894. The molecule has 0 aromatic heterocycles. The summed E-state index contributed by atoms with van der Waals surface area (Å²) in [7, 11) is 0. The Labute approximate surface area is 116 Å². The second kappa shape index (κ2) is 6.65. The lowest BCUT2D eigenvalue weighted by Gasteiger charge is -2.30. The summed E-state index contributed by atoms with van der Waals surface area (Å²) in [6, 6.07) is 5.63. The van der Waals surface area contributed by atoms with E-state index in [-0.39, 0.29) is 18.1 Å². The third-order valence-electron chi connectivity index (χ3n) is 3.36. The van der Waals surface area contributed by atoms with E-state index in [1.807, 2.05) is 0 Å². The lowest BCUT2D eigenvalue weighted by molar-refractivity contribution is 0.0842. The van der Waals surface area contributed by atoms with Gasteiger partial charge in [-0.3, -0.25) is 0 Å². The van der Waals surface area contributed by atoms with Crippen LogP contribution < -0.4 is 5.32 Å². The minimum atomic E-state index is -2.48. The van der Waals surface area contributed by atoms with Crippen molar-refractivity contribution in [3.05, 3.63) is 35.4 Å². The van der Waals surface area contributed by atoms with Gasteiger partial charge in [0.1, 0.15) is 0 Å². The first-order valence-corrected chi connectivity index (χ1v) is 6.64. The second-order valence-electron chi connectivity index (χ2n) is 4.94. The maximum Gasteiger partial charge on any atom is 0.317 e. The minimum absolute atomic E-state index is 0.0285. The number of carbonyl (C=O) groups excluding carboxylic acids is 1. The molecule has 1 fully saturated rings. The van der Waals surface area contributed by atoms with E-state index in [0.717, 1.165) is 18.4 Å². The molecule has 0 unspecified atom stereocenters. The second-order valence-corrected chi connectivity index (χ2v) is 4.94. The Hall–Kier alpha value is -1.69. The largest absolute Gasteiger partial charge is 0.391 e. The number of nitrogens with one attached hydrogen (secondary N) is 1. The zero-order chi connectivity index (χ0) is 14.5. The number of rotatable bonds is 3. The highest BCUT2D eigenvalue weighted by Crippen LogP contribution is 2.18. The Morgan fingerprint density at radius 1 is 1.40 bits per heavy atom. The fourth-order valence-corrected chi connectivity index (χ4v) is 2.21. The van der Waals surface area contributed by atoms with E-state index < -0.39 is 12.5 Å². The summed E-state index contributed by atoms with van der Waals surface area (Å²) in [6.45, 7) is 1.26. The average molecular weight is 284 g/mol. The van der Waals surface area contributed by atoms with Crippen molar-refractivity contribution in [2.75, 3.05) is 13.1 Å². The summed E-state index contributed by atoms with van der Waals surface area (Å²) in [5, 5.41) is 12.2. The van der Waals surface area contributed by atoms with E-state index >= 15 is 0 Å². The molecule has 1 aromatic carbocycles. The molecule has 4 nitrogen and oxygen atoms in total. The van der Waals surface area contributed by atoms with E-state index in [9.17, 15) is 18.7 Å². The zero-order valence-corrected chi connectivity index (χ0v) is 11.1. The molecule has 0 aliphatic carbocycles. The van der Waals surface area contributed by atoms with Gasteiger partial charge >= 0.3 is 6.03 Å². The van der Waals surface area contributed by atoms with Crippen LogP contribution in [0.2, 0.25) is 0 Å². The molecule has 1 atom stereocenters. The molecule has 1 aliphatic heterocycles. The molecule has 1 aliphatic rings. The highest BCUT2D eigenvalue weighted by atomic mass is 19.3. The molecule has 1 heterocycles. The van der Waals surface area contributed by atoms with Crippen LogP contribution >= 0.6 is 0 Å². The van der Waals surface area contributed by atoms with E-state index in [2.05, 4.69) is 5.32 Å². The van der Waals surface area contributed by atoms with Crippen molar-refractivity contribution in [3.63, 3.8) is 0 Å². The summed E-state index contributed by atoms with van der Waals surface area (Å²) in [6.07, 6.45) is -1.43. The van der Waals surface area contributed by atoms with E-state index in [4.69, 9.17) is 0 Å². The Balaban J connectivity index is 1.83. The molecule has 0 spiro atoms. The maximum atomic E-state index is 12.4. The normalized spacial score (nSPS) is 19.2. The predicted molar refractivity (Wildman–Crippen MR) is 70.4 cm³/mol. The van der Waals surface area contributed by atoms with E-state index in [1.165, 1.54) is 12.1 Å². The topological polar surface area (TPSA) is 52.6 Å². The minimum Gasteiger partial charge on any atom is -0.391 e. The standard InChI is InChI=1S/C14H18F2N2O2/c15-13(16)11-5-3-10(4-6-11)8-17-14(20)18-7-1-2-12(19)9-18/h3-6,12-13,19H,1-2,7-9H2,(H,17,20)/t12-/m1/s1. The van der Waals surface area contributed by atoms with Gasteiger partial charge in [-0.05, 0) is 18.4 Å². The van der Waals surface area contributed by atoms with Crippen LogP contribution in [0.25, 0.3) is 0 Å². The van der Waals surface area contributed by atoms with Gasteiger partial charge in [0, 0.05) is 25.2 Å². The Morgan fingerprint density at radius 3 is 2.70 bits per heavy atom. The van der Waals surface area contributed by atoms with Crippen LogP contribution in [0.4, 0.5) is 13.6 Å². The molecule has 0 bridgehead atoms. The van der Waals surface area contributed by atoms with Gasteiger partial charge in [-0.25, -0.2) is 13.6 Å². The first kappa shape index (κ1) is 14.7. The van der Waals surface area contributed by atoms with Crippen molar-refractivity contribution in [1.82, 2.24) is 10.2 Å². The number of β-amino-alcohol motifs (C(OH)–C–C–N with tert-alkyl or cyclic N) is 1. The SMILES string of the molecule is O=C(NCc1ccc(C(F)F)cc1)N1CCC[C@@H](O)C1. The number of nitrogens with zero attached hydrogens (tertiary/aromatic N) is 1. The number of alkyl halides is 2. The molecular weight excluding hydrogens is 266 g/mol. The summed E-state index contributed by atoms with van der Waals surface area (Å²) in [5.74, 6) is 0. The van der Waals surface area contributed by atoms with Crippen molar-refractivity contribution in [2.24, 2.45) is 0 Å². The lowest BCUT2D eigenvalue weighted by atomic mass is 10.1. The number of aliphatic hydroxyl groups excluding tert-OH is 1. The molecule has 2 rings (SSSR count).